The number of aromatic nitrogens is 1. The molecule has 1 N–H and O–H groups in total. The Balaban J connectivity index is 2.17. The van der Waals surface area contributed by atoms with Crippen LogP contribution in [0.25, 0.3) is 0 Å². The molecule has 2 aromatic rings. The molecule has 4 heteroatoms. The third-order valence-corrected chi connectivity index (χ3v) is 4.04. The van der Waals surface area contributed by atoms with Crippen LogP contribution in [0.2, 0.25) is 4.34 Å². The number of rotatable bonds is 5. The summed E-state index contributed by atoms with van der Waals surface area (Å²) >= 11 is 7.62. The van der Waals surface area contributed by atoms with Gasteiger partial charge in [0.2, 0.25) is 0 Å². The van der Waals surface area contributed by atoms with Gasteiger partial charge in [0.15, 0.2) is 0 Å². The number of thiophene rings is 1. The minimum Gasteiger partial charge on any atom is -0.310 e. The molecule has 96 valence electrons. The van der Waals surface area contributed by atoms with Crippen LogP contribution in [0.15, 0.2) is 30.6 Å². The lowest BCUT2D eigenvalue weighted by Gasteiger charge is -2.17. The van der Waals surface area contributed by atoms with Crippen molar-refractivity contribution in [1.29, 1.82) is 0 Å². The summed E-state index contributed by atoms with van der Waals surface area (Å²) in [4.78, 5) is 5.57. The second-order valence-corrected chi connectivity index (χ2v) is 6.12. The van der Waals surface area contributed by atoms with Crippen molar-refractivity contribution in [3.63, 3.8) is 0 Å². The number of nitrogens with one attached hydrogen (secondary N) is 1. The van der Waals surface area contributed by atoms with Gasteiger partial charge in [0.05, 0.1) is 4.34 Å². The molecule has 0 fully saturated rings. The fourth-order valence-electron chi connectivity index (χ4n) is 1.99. The van der Waals surface area contributed by atoms with Crippen LogP contribution in [0, 0.1) is 6.92 Å². The van der Waals surface area contributed by atoms with E-state index in [1.54, 1.807) is 11.3 Å². The first-order valence-electron chi connectivity index (χ1n) is 6.08. The molecule has 0 aliphatic carbocycles. The topological polar surface area (TPSA) is 24.9 Å². The van der Waals surface area contributed by atoms with Gasteiger partial charge >= 0.3 is 0 Å². The first-order chi connectivity index (χ1) is 8.69. The van der Waals surface area contributed by atoms with Gasteiger partial charge in [0, 0.05) is 29.7 Å². The molecule has 18 heavy (non-hydrogen) atoms. The lowest BCUT2D eigenvalue weighted by Crippen LogP contribution is -2.22. The Morgan fingerprint density at radius 2 is 2.22 bits per heavy atom. The summed E-state index contributed by atoms with van der Waals surface area (Å²) in [6.07, 6.45) is 4.78. The van der Waals surface area contributed by atoms with Crippen molar-refractivity contribution in [3.05, 3.63) is 50.9 Å². The Labute approximate surface area is 117 Å². The monoisotopic (exact) mass is 280 g/mol. The highest BCUT2D eigenvalue weighted by molar-refractivity contribution is 7.16. The molecule has 0 amide bonds. The maximum absolute atomic E-state index is 5.98. The van der Waals surface area contributed by atoms with E-state index in [1.807, 2.05) is 18.5 Å². The Morgan fingerprint density at radius 1 is 1.39 bits per heavy atom. The Kier molecular flexibility index (Phi) is 4.75. The second-order valence-electron chi connectivity index (χ2n) is 4.32. The van der Waals surface area contributed by atoms with Crippen molar-refractivity contribution in [1.82, 2.24) is 10.3 Å². The van der Waals surface area contributed by atoms with E-state index in [0.717, 1.165) is 17.3 Å². The third-order valence-electron chi connectivity index (χ3n) is 2.78. The molecule has 0 aromatic carbocycles. The number of halogens is 1. The molecular formula is C14H17ClN2S. The summed E-state index contributed by atoms with van der Waals surface area (Å²) in [7, 11) is 0. The lowest BCUT2D eigenvalue weighted by atomic mass is 10.0. The molecule has 2 heterocycles. The van der Waals surface area contributed by atoms with E-state index < -0.39 is 0 Å². The smallest absolute Gasteiger partial charge is 0.0931 e. The molecule has 1 atom stereocenters. The van der Waals surface area contributed by atoms with Crippen molar-refractivity contribution in [2.24, 2.45) is 0 Å². The summed E-state index contributed by atoms with van der Waals surface area (Å²) in [5, 5.41) is 3.51. The van der Waals surface area contributed by atoms with Crippen molar-refractivity contribution < 1.29 is 0 Å². The first-order valence-corrected chi connectivity index (χ1v) is 7.27. The van der Waals surface area contributed by atoms with Crippen LogP contribution in [0.1, 0.15) is 29.0 Å². The van der Waals surface area contributed by atoms with Crippen LogP contribution in [0.3, 0.4) is 0 Å². The molecule has 0 aliphatic heterocycles. The van der Waals surface area contributed by atoms with Crippen molar-refractivity contribution in [2.45, 2.75) is 26.3 Å². The molecular weight excluding hydrogens is 264 g/mol. The molecule has 2 rings (SSSR count). The normalized spacial score (nSPS) is 12.6. The molecule has 0 saturated carbocycles. The van der Waals surface area contributed by atoms with E-state index in [2.05, 4.69) is 36.3 Å². The van der Waals surface area contributed by atoms with Crippen LogP contribution < -0.4 is 5.32 Å². The zero-order chi connectivity index (χ0) is 13.0. The molecule has 0 saturated heterocycles. The van der Waals surface area contributed by atoms with Gasteiger partial charge in [0.25, 0.3) is 0 Å². The van der Waals surface area contributed by atoms with Crippen LogP contribution in [-0.2, 0) is 6.42 Å². The average molecular weight is 281 g/mol. The first kappa shape index (κ1) is 13.5. The van der Waals surface area contributed by atoms with Gasteiger partial charge in [-0.05, 0) is 36.7 Å². The molecule has 1 unspecified atom stereocenters. The molecule has 2 aromatic heterocycles. The van der Waals surface area contributed by atoms with E-state index in [1.165, 1.54) is 16.0 Å². The lowest BCUT2D eigenvalue weighted by molar-refractivity contribution is 0.551. The quantitative estimate of drug-likeness (QED) is 0.895. The largest absolute Gasteiger partial charge is 0.310 e. The maximum Gasteiger partial charge on any atom is 0.0931 e. The van der Waals surface area contributed by atoms with E-state index in [9.17, 15) is 0 Å². The number of pyridine rings is 1. The fraction of sp³-hybridized carbons (Fsp3) is 0.357. The Bertz CT molecular complexity index is 510. The third kappa shape index (κ3) is 3.55. The second kappa shape index (κ2) is 6.32. The highest BCUT2D eigenvalue weighted by Crippen LogP contribution is 2.26. The molecule has 2 nitrogen and oxygen atoms in total. The van der Waals surface area contributed by atoms with Crippen LogP contribution >= 0.6 is 22.9 Å². The SMILES string of the molecule is CCNC(Cc1ccc(Cl)s1)c1cncc(C)c1. The van der Waals surface area contributed by atoms with E-state index in [-0.39, 0.29) is 0 Å². The minimum atomic E-state index is 0.303. The number of aryl methyl sites for hydroxylation is 1. The number of hydrogen-bond donors (Lipinski definition) is 1. The summed E-state index contributed by atoms with van der Waals surface area (Å²) < 4.78 is 0.850. The zero-order valence-corrected chi connectivity index (χ0v) is 12.2. The van der Waals surface area contributed by atoms with Gasteiger partial charge < -0.3 is 5.32 Å². The predicted molar refractivity (Wildman–Crippen MR) is 78.4 cm³/mol. The van der Waals surface area contributed by atoms with Crippen molar-refractivity contribution in [3.8, 4) is 0 Å². The van der Waals surface area contributed by atoms with E-state index >= 15 is 0 Å². The highest BCUT2D eigenvalue weighted by Gasteiger charge is 2.13. The number of hydrogen-bond acceptors (Lipinski definition) is 3. The minimum absolute atomic E-state index is 0.303. The molecule has 0 aliphatic rings. The predicted octanol–water partition coefficient (Wildman–Crippen LogP) is 4.00. The average Bonchev–Trinajstić information content (AvgIpc) is 2.74. The van der Waals surface area contributed by atoms with Gasteiger partial charge in [-0.15, -0.1) is 11.3 Å². The van der Waals surface area contributed by atoms with E-state index in [0.29, 0.717) is 6.04 Å². The Hall–Kier alpha value is -0.900. The molecule has 0 bridgehead atoms. The van der Waals surface area contributed by atoms with Crippen molar-refractivity contribution >= 4 is 22.9 Å². The van der Waals surface area contributed by atoms with Gasteiger partial charge in [-0.25, -0.2) is 0 Å². The summed E-state index contributed by atoms with van der Waals surface area (Å²) in [6.45, 7) is 5.14. The molecule has 0 radical (unpaired) electrons. The zero-order valence-electron chi connectivity index (χ0n) is 10.6. The number of likely N-dealkylation sites (N-methyl/N-ethyl adjacent to an activating group) is 1. The summed E-state index contributed by atoms with van der Waals surface area (Å²) in [5.41, 5.74) is 2.43. The fourth-order valence-corrected chi connectivity index (χ4v) is 3.12. The van der Waals surface area contributed by atoms with Crippen molar-refractivity contribution in [2.75, 3.05) is 6.54 Å². The molecule has 0 spiro atoms. The maximum atomic E-state index is 5.98. The van der Waals surface area contributed by atoms with Gasteiger partial charge in [-0.3, -0.25) is 4.98 Å². The number of nitrogens with zero attached hydrogens (tertiary/aromatic N) is 1. The van der Waals surface area contributed by atoms with Crippen LogP contribution in [0.5, 0.6) is 0 Å². The Morgan fingerprint density at radius 3 is 2.83 bits per heavy atom. The van der Waals surface area contributed by atoms with E-state index in [4.69, 9.17) is 11.6 Å². The van der Waals surface area contributed by atoms with Gasteiger partial charge in [-0.1, -0.05) is 24.6 Å². The highest BCUT2D eigenvalue weighted by atomic mass is 35.5. The summed E-state index contributed by atoms with van der Waals surface area (Å²) in [5.74, 6) is 0. The van der Waals surface area contributed by atoms with Gasteiger partial charge in [-0.2, -0.15) is 0 Å². The summed E-state index contributed by atoms with van der Waals surface area (Å²) in [6, 6.07) is 6.55. The van der Waals surface area contributed by atoms with Crippen LogP contribution in [0.4, 0.5) is 0 Å². The van der Waals surface area contributed by atoms with Gasteiger partial charge in [0.1, 0.15) is 0 Å². The van der Waals surface area contributed by atoms with Crippen LogP contribution in [-0.4, -0.2) is 11.5 Å². The standard InChI is InChI=1S/C14H17ClN2S/c1-3-17-13(7-12-4-5-14(15)18-12)11-6-10(2)8-16-9-11/h4-6,8-9,13,17H,3,7H2,1-2H3.